The monoisotopic (exact) mass is 900 g/mol. The van der Waals surface area contributed by atoms with Crippen LogP contribution >= 0.6 is 23.2 Å². The highest BCUT2D eigenvalue weighted by molar-refractivity contribution is 6.32. The summed E-state index contributed by atoms with van der Waals surface area (Å²) in [4.78, 5) is 60.0. The number of ether oxygens (including phenoxy) is 3. The first kappa shape index (κ1) is 42.3. The number of hydrogen-bond donors (Lipinski definition) is 5. The van der Waals surface area contributed by atoms with Crippen LogP contribution in [0.25, 0.3) is 33.6 Å². The molecule has 0 bridgehead atoms. The number of methoxy groups -OCH3 is 2. The van der Waals surface area contributed by atoms with Gasteiger partial charge in [0, 0.05) is 41.8 Å². The summed E-state index contributed by atoms with van der Waals surface area (Å²) in [5, 5.41) is 17.5. The summed E-state index contributed by atoms with van der Waals surface area (Å²) in [5.41, 5.74) is 3.96. The number of benzene rings is 2. The van der Waals surface area contributed by atoms with Crippen LogP contribution in [-0.2, 0) is 25.5 Å². The number of rotatable bonds is 14. The molecular formula is C46H54Cl2N8O7. The smallest absolute Gasteiger partial charge is 0.407 e. The fraction of sp³-hybridized carbons (Fsp3) is 0.543. The minimum Gasteiger partial charge on any atom is -0.453 e. The van der Waals surface area contributed by atoms with Crippen molar-refractivity contribution < 1.29 is 33.7 Å². The van der Waals surface area contributed by atoms with E-state index >= 15 is 0 Å². The van der Waals surface area contributed by atoms with Crippen molar-refractivity contribution in [3.63, 3.8) is 0 Å². The average Bonchev–Trinajstić information content (AvgIpc) is 4.17. The van der Waals surface area contributed by atoms with E-state index in [0.717, 1.165) is 54.4 Å². The van der Waals surface area contributed by atoms with Crippen LogP contribution in [0.3, 0.4) is 0 Å². The Morgan fingerprint density at radius 3 is 1.98 bits per heavy atom. The number of carbonyl (C=O) groups excluding carboxylic acids is 3. The van der Waals surface area contributed by atoms with E-state index < -0.39 is 29.9 Å². The number of likely N-dealkylation sites (tertiary alicyclic amines) is 1. The molecule has 4 aliphatic carbocycles. The van der Waals surface area contributed by atoms with Gasteiger partial charge in [-0.15, -0.1) is 0 Å². The van der Waals surface area contributed by atoms with E-state index in [1.807, 2.05) is 53.4 Å². The van der Waals surface area contributed by atoms with Crippen LogP contribution in [-0.4, -0.2) is 116 Å². The highest BCUT2D eigenvalue weighted by atomic mass is 35.5. The fourth-order valence-corrected chi connectivity index (χ4v) is 11.6. The van der Waals surface area contributed by atoms with Crippen LogP contribution in [0.2, 0.25) is 10.3 Å². The molecule has 3 amide bonds. The number of hydrogen-bond acceptors (Lipinski definition) is 10. The summed E-state index contributed by atoms with van der Waals surface area (Å²) in [6.07, 6.45) is 5.01. The minimum atomic E-state index is -1.18. The van der Waals surface area contributed by atoms with Gasteiger partial charge in [-0.25, -0.2) is 19.6 Å². The molecule has 4 aromatic rings. The standard InChI is InChI=1S/C46H54Cl2N8O7/c1-42(2,60)31(49-40(58)61-4)19-55(45-21-43(45,3)22-45)20-32-50-33(36(47)51-32)27-10-6-25(7-11-27)26-8-12-28(13-9-26)34-37(48)54-38(52-34)30-18-44-23-46(44,24-44)56(30)39(57)35(53-41(59)62-5)29-14-16-63-17-15-29/h6-13,29-31,35,60H,14-24H2,1-5H3,(H,49,58)(H,50,51)(H,52,54)(H,53,59)/t30-,31+,35-,43?,44?,45?,46?/m0/s1. The van der Waals surface area contributed by atoms with Gasteiger partial charge in [0.15, 0.2) is 0 Å². The van der Waals surface area contributed by atoms with Crippen molar-refractivity contribution in [3.05, 3.63) is 70.5 Å². The quantitative estimate of drug-likeness (QED) is 0.0864. The highest BCUT2D eigenvalue weighted by Crippen LogP contribution is 2.89. The summed E-state index contributed by atoms with van der Waals surface area (Å²) >= 11 is 13.6. The number of H-pyrrole nitrogens is 2. The number of alkyl carbamates (subject to hydrolysis) is 2. The van der Waals surface area contributed by atoms with Gasteiger partial charge in [0.2, 0.25) is 5.91 Å². The summed E-state index contributed by atoms with van der Waals surface area (Å²) in [7, 11) is 2.63. The SMILES string of the molecule is COC(=O)N[C@H](C(=O)N1[C@H](c2nc(-c3ccc(-c4ccc(-c5nc(CN(C[C@@H](NC(=O)OC)C(C)(C)O)C67CC6(C)C7)[nH]c5Cl)cc4)cc3)c(Cl)[nH]2)CC23CC12C3)C1CCOCC1. The van der Waals surface area contributed by atoms with Crippen molar-refractivity contribution in [2.75, 3.05) is 34.0 Å². The molecule has 2 saturated heterocycles. The Balaban J connectivity index is 0.831. The zero-order chi connectivity index (χ0) is 44.3. The van der Waals surface area contributed by atoms with Gasteiger partial charge in [0.05, 0.1) is 44.0 Å². The van der Waals surface area contributed by atoms with E-state index in [1.54, 1.807) is 13.8 Å². The molecule has 63 heavy (non-hydrogen) atoms. The van der Waals surface area contributed by atoms with Crippen LogP contribution in [0, 0.1) is 16.7 Å². The van der Waals surface area contributed by atoms with Crippen LogP contribution in [0.1, 0.15) is 83.4 Å². The van der Waals surface area contributed by atoms with Crippen molar-refractivity contribution in [3.8, 4) is 33.6 Å². The Bertz CT molecular complexity index is 2450. The van der Waals surface area contributed by atoms with Crippen molar-refractivity contribution in [1.82, 2.24) is 40.4 Å². The lowest BCUT2D eigenvalue weighted by atomic mass is 9.89. The molecule has 15 nitrogen and oxygen atoms in total. The first-order valence-corrected chi connectivity index (χ1v) is 22.6. The lowest BCUT2D eigenvalue weighted by Gasteiger charge is -2.38. The van der Waals surface area contributed by atoms with Gasteiger partial charge in [-0.1, -0.05) is 78.7 Å². The predicted octanol–water partition coefficient (Wildman–Crippen LogP) is 7.25. The van der Waals surface area contributed by atoms with E-state index in [9.17, 15) is 19.5 Å². The third-order valence-corrected chi connectivity index (χ3v) is 15.9. The minimum absolute atomic E-state index is 0.00771. The second kappa shape index (κ2) is 14.9. The molecule has 3 atom stereocenters. The second-order valence-electron chi connectivity index (χ2n) is 19.6. The van der Waals surface area contributed by atoms with Gasteiger partial charge < -0.3 is 44.8 Å². The average molecular weight is 902 g/mol. The molecule has 2 aromatic carbocycles. The highest BCUT2D eigenvalue weighted by Gasteiger charge is 2.91. The number of aromatic nitrogens is 4. The molecule has 4 heterocycles. The van der Waals surface area contributed by atoms with E-state index in [-0.39, 0.29) is 39.8 Å². The first-order valence-electron chi connectivity index (χ1n) is 21.8. The fourth-order valence-electron chi connectivity index (χ4n) is 11.1. The topological polar surface area (TPSA) is 187 Å². The number of nitrogens with one attached hydrogen (secondary N) is 4. The van der Waals surface area contributed by atoms with Crippen molar-refractivity contribution in [2.24, 2.45) is 16.7 Å². The Morgan fingerprint density at radius 1 is 0.889 bits per heavy atom. The van der Waals surface area contributed by atoms with Crippen LogP contribution in [0.4, 0.5) is 9.59 Å². The van der Waals surface area contributed by atoms with Gasteiger partial charge in [0.25, 0.3) is 0 Å². The third kappa shape index (κ3) is 7.18. The second-order valence-corrected chi connectivity index (χ2v) is 20.4. The molecule has 17 heteroatoms. The summed E-state index contributed by atoms with van der Waals surface area (Å²) in [5.74, 6) is 1.21. The van der Waals surface area contributed by atoms with E-state index in [1.165, 1.54) is 14.2 Å². The van der Waals surface area contributed by atoms with Gasteiger partial charge in [-0.2, -0.15) is 0 Å². The van der Waals surface area contributed by atoms with E-state index in [0.29, 0.717) is 72.5 Å². The van der Waals surface area contributed by atoms with Crippen molar-refractivity contribution in [1.29, 1.82) is 0 Å². The number of aromatic amines is 2. The molecule has 2 aliphatic heterocycles. The first-order chi connectivity index (χ1) is 30.0. The number of aliphatic hydroxyl groups is 1. The number of nitrogens with zero attached hydrogens (tertiary/aromatic N) is 4. The summed E-state index contributed by atoms with van der Waals surface area (Å²) in [6, 6.07) is 14.6. The van der Waals surface area contributed by atoms with Gasteiger partial charge >= 0.3 is 12.2 Å². The lowest BCUT2D eigenvalue weighted by molar-refractivity contribution is -0.140. The third-order valence-electron chi connectivity index (χ3n) is 15.3. The molecule has 334 valence electrons. The zero-order valence-corrected chi connectivity index (χ0v) is 37.7. The Kier molecular flexibility index (Phi) is 10.0. The Labute approximate surface area is 375 Å². The molecule has 6 fully saturated rings. The Hall–Kier alpha value is -4.67. The molecule has 5 N–H and O–H groups in total. The zero-order valence-electron chi connectivity index (χ0n) is 36.1. The van der Waals surface area contributed by atoms with E-state index in [2.05, 4.69) is 32.4 Å². The molecule has 0 spiro atoms. The number of fused-ring (bicyclic) bond motifs is 1. The van der Waals surface area contributed by atoms with Crippen LogP contribution in [0.5, 0.6) is 0 Å². The maximum absolute atomic E-state index is 14.5. The van der Waals surface area contributed by atoms with Crippen LogP contribution in [0.15, 0.2) is 48.5 Å². The van der Waals surface area contributed by atoms with Crippen molar-refractivity contribution >= 4 is 41.3 Å². The lowest BCUT2D eigenvalue weighted by Crippen LogP contribution is -2.56. The molecular weight excluding hydrogens is 847 g/mol. The van der Waals surface area contributed by atoms with Crippen molar-refractivity contribution in [2.45, 2.75) is 107 Å². The maximum Gasteiger partial charge on any atom is 0.407 e. The number of halogens is 2. The molecule has 0 unspecified atom stereocenters. The number of imidazole rings is 2. The molecule has 6 aliphatic rings. The number of carbonyl (C=O) groups is 3. The van der Waals surface area contributed by atoms with E-state index in [4.69, 9.17) is 47.4 Å². The molecule has 10 rings (SSSR count). The molecule has 2 aromatic heterocycles. The van der Waals surface area contributed by atoms with Crippen LogP contribution < -0.4 is 10.6 Å². The molecule has 4 saturated carbocycles. The maximum atomic E-state index is 14.5. The van der Waals surface area contributed by atoms with Gasteiger partial charge in [-0.3, -0.25) is 9.69 Å². The normalized spacial score (nSPS) is 28.7. The predicted molar refractivity (Wildman–Crippen MR) is 235 cm³/mol. The largest absolute Gasteiger partial charge is 0.453 e. The Morgan fingerprint density at radius 2 is 1.43 bits per heavy atom. The summed E-state index contributed by atoms with van der Waals surface area (Å²) in [6.45, 7) is 7.62. The number of amides is 3. The molecule has 0 radical (unpaired) electrons. The van der Waals surface area contributed by atoms with Gasteiger partial charge in [0.1, 0.15) is 39.4 Å². The van der Waals surface area contributed by atoms with Gasteiger partial charge in [-0.05, 0) is 81.3 Å². The summed E-state index contributed by atoms with van der Waals surface area (Å²) < 4.78 is 15.4. The number of piperidine rings is 2.